The molecule has 1 aromatic carbocycles. The predicted molar refractivity (Wildman–Crippen MR) is 97.2 cm³/mol. The third-order valence-corrected chi connectivity index (χ3v) is 5.56. The van der Waals surface area contributed by atoms with E-state index in [9.17, 15) is 4.79 Å². The van der Waals surface area contributed by atoms with Crippen LogP contribution in [0.3, 0.4) is 0 Å². The zero-order valence-corrected chi connectivity index (χ0v) is 15.1. The molecule has 0 saturated heterocycles. The van der Waals surface area contributed by atoms with Gasteiger partial charge in [-0.25, -0.2) is 0 Å². The lowest BCUT2D eigenvalue weighted by Gasteiger charge is -2.20. The van der Waals surface area contributed by atoms with Gasteiger partial charge in [-0.1, -0.05) is 29.5 Å². The highest BCUT2D eigenvalue weighted by atomic mass is 32.1. The molecule has 1 fully saturated rings. The van der Waals surface area contributed by atoms with Crippen LogP contribution in [-0.2, 0) is 11.2 Å². The molecule has 0 unspecified atom stereocenters. The first kappa shape index (κ1) is 16.5. The number of fused-ring (bicyclic) bond motifs is 1. The van der Waals surface area contributed by atoms with Crippen LogP contribution in [0, 0.1) is 0 Å². The highest BCUT2D eigenvalue weighted by Crippen LogP contribution is 2.42. The number of hydrogen-bond donors (Lipinski definition) is 1. The summed E-state index contributed by atoms with van der Waals surface area (Å²) >= 11 is 1.50. The number of nitrogens with one attached hydrogen (secondary N) is 1. The first-order valence-electron chi connectivity index (χ1n) is 8.74. The molecule has 25 heavy (non-hydrogen) atoms. The number of nitrogens with zero attached hydrogens (tertiary/aromatic N) is 3. The topological polar surface area (TPSA) is 67.4 Å². The summed E-state index contributed by atoms with van der Waals surface area (Å²) in [6.07, 6.45) is 3.92. The van der Waals surface area contributed by atoms with Crippen LogP contribution in [0.15, 0.2) is 24.3 Å². The summed E-state index contributed by atoms with van der Waals surface area (Å²) in [4.78, 5) is 14.2. The summed E-state index contributed by atoms with van der Waals surface area (Å²) in [6.45, 7) is 1.50. The minimum Gasteiger partial charge on any atom is -0.488 e. The molecule has 1 aliphatic carbocycles. The van der Waals surface area contributed by atoms with Crippen LogP contribution in [0.5, 0.6) is 5.75 Å². The van der Waals surface area contributed by atoms with Gasteiger partial charge in [0.25, 0.3) is 0 Å². The summed E-state index contributed by atoms with van der Waals surface area (Å²) in [6, 6.07) is 8.17. The molecule has 1 saturated carbocycles. The number of rotatable bonds is 7. The first-order valence-corrected chi connectivity index (χ1v) is 9.55. The van der Waals surface area contributed by atoms with Gasteiger partial charge < -0.3 is 15.0 Å². The third-order valence-electron chi connectivity index (χ3n) is 4.56. The monoisotopic (exact) mass is 358 g/mol. The molecule has 4 rings (SSSR count). The molecule has 2 heterocycles. The second kappa shape index (κ2) is 7.09. The normalized spacial score (nSPS) is 18.9. The maximum absolute atomic E-state index is 12.1. The van der Waals surface area contributed by atoms with Gasteiger partial charge in [-0.05, 0) is 31.5 Å². The first-order chi connectivity index (χ1) is 12.2. The Hall–Kier alpha value is -1.99. The highest BCUT2D eigenvalue weighted by Gasteiger charge is 2.28. The van der Waals surface area contributed by atoms with Crippen molar-refractivity contribution in [2.75, 3.05) is 25.5 Å². The zero-order chi connectivity index (χ0) is 17.2. The minimum absolute atomic E-state index is 0.0130. The minimum atomic E-state index is -0.0130. The maximum Gasteiger partial charge on any atom is 0.227 e. The van der Waals surface area contributed by atoms with E-state index in [0.717, 1.165) is 23.7 Å². The molecule has 132 valence electrons. The average molecular weight is 358 g/mol. The molecule has 0 radical (unpaired) electrons. The van der Waals surface area contributed by atoms with Crippen molar-refractivity contribution >= 4 is 22.4 Å². The second-order valence-corrected chi connectivity index (χ2v) is 7.84. The number of anilines is 1. The number of benzene rings is 1. The van der Waals surface area contributed by atoms with Gasteiger partial charge in [-0.15, -0.1) is 10.2 Å². The Labute approximate surface area is 151 Å². The smallest absolute Gasteiger partial charge is 0.227 e. The van der Waals surface area contributed by atoms with Gasteiger partial charge in [0.2, 0.25) is 11.0 Å². The summed E-state index contributed by atoms with van der Waals surface area (Å²) in [5.74, 6) is 1.55. The summed E-state index contributed by atoms with van der Waals surface area (Å²) < 4.78 is 5.95. The number of para-hydroxylation sites is 1. The van der Waals surface area contributed by atoms with Gasteiger partial charge in [0, 0.05) is 31.8 Å². The van der Waals surface area contributed by atoms with Crippen LogP contribution < -0.4 is 10.1 Å². The van der Waals surface area contributed by atoms with E-state index in [4.69, 9.17) is 4.74 Å². The fraction of sp³-hybridized carbons (Fsp3) is 0.500. The van der Waals surface area contributed by atoms with Gasteiger partial charge in [-0.2, -0.15) is 0 Å². The second-order valence-electron chi connectivity index (χ2n) is 6.83. The zero-order valence-electron chi connectivity index (χ0n) is 14.3. The lowest BCUT2D eigenvalue weighted by atomic mass is 10.1. The van der Waals surface area contributed by atoms with E-state index >= 15 is 0 Å². The van der Waals surface area contributed by atoms with E-state index in [1.54, 1.807) is 0 Å². The largest absolute Gasteiger partial charge is 0.488 e. The van der Waals surface area contributed by atoms with Crippen LogP contribution in [0.4, 0.5) is 5.13 Å². The van der Waals surface area contributed by atoms with Crippen molar-refractivity contribution in [3.8, 4) is 5.75 Å². The number of carbonyl (C=O) groups excluding carboxylic acids is 1. The standard InChI is InChI=1S/C18H22N4O2S/c1-22(11-14-10-13-4-2-3-5-15(13)24-14)9-8-16(23)19-18-21-20-17(25-18)12-6-7-12/h2-5,12,14H,6-11H2,1H3,(H,19,21,23)/t14-/m0/s1. The Bertz CT molecular complexity index is 734. The van der Waals surface area contributed by atoms with Crippen LogP contribution in [0.2, 0.25) is 0 Å². The Morgan fingerprint density at radius 3 is 3.00 bits per heavy atom. The maximum atomic E-state index is 12.1. The van der Waals surface area contributed by atoms with Crippen LogP contribution in [0.25, 0.3) is 0 Å². The lowest BCUT2D eigenvalue weighted by Crippen LogP contribution is -2.34. The number of aromatic nitrogens is 2. The van der Waals surface area contributed by atoms with E-state index < -0.39 is 0 Å². The molecule has 1 atom stereocenters. The SMILES string of the molecule is CN(CCC(=O)Nc1nnc(C2CC2)s1)C[C@@H]1Cc2ccccc2O1. The van der Waals surface area contributed by atoms with Gasteiger partial charge in [0.05, 0.1) is 0 Å². The van der Waals surface area contributed by atoms with E-state index in [0.29, 0.717) is 24.0 Å². The van der Waals surface area contributed by atoms with Crippen LogP contribution >= 0.6 is 11.3 Å². The highest BCUT2D eigenvalue weighted by molar-refractivity contribution is 7.15. The van der Waals surface area contributed by atoms with Crippen molar-refractivity contribution in [3.05, 3.63) is 34.8 Å². The fourth-order valence-electron chi connectivity index (χ4n) is 3.05. The van der Waals surface area contributed by atoms with Crippen molar-refractivity contribution in [1.29, 1.82) is 0 Å². The van der Waals surface area contributed by atoms with Crippen molar-refractivity contribution in [1.82, 2.24) is 15.1 Å². The lowest BCUT2D eigenvalue weighted by molar-refractivity contribution is -0.116. The summed E-state index contributed by atoms with van der Waals surface area (Å²) in [5.41, 5.74) is 1.27. The van der Waals surface area contributed by atoms with E-state index in [2.05, 4.69) is 26.5 Å². The summed E-state index contributed by atoms with van der Waals surface area (Å²) in [5, 5.41) is 12.7. The Kier molecular flexibility index (Phi) is 4.67. The number of amides is 1. The molecule has 0 bridgehead atoms. The number of likely N-dealkylation sites (N-methyl/N-ethyl adjacent to an activating group) is 1. The van der Waals surface area contributed by atoms with Gasteiger partial charge in [0.15, 0.2) is 0 Å². The number of ether oxygens (including phenoxy) is 1. The molecule has 1 amide bonds. The molecule has 7 heteroatoms. The van der Waals surface area contributed by atoms with E-state index in [-0.39, 0.29) is 12.0 Å². The Balaban J connectivity index is 1.19. The molecule has 2 aromatic rings. The van der Waals surface area contributed by atoms with Crippen LogP contribution in [-0.4, -0.2) is 47.2 Å². The molecule has 6 nitrogen and oxygen atoms in total. The Morgan fingerprint density at radius 2 is 2.20 bits per heavy atom. The van der Waals surface area contributed by atoms with Crippen LogP contribution in [0.1, 0.15) is 35.8 Å². The molecule has 1 aromatic heterocycles. The third kappa shape index (κ3) is 4.16. The number of carbonyl (C=O) groups is 1. The molecule has 1 aliphatic heterocycles. The molecular weight excluding hydrogens is 336 g/mol. The Morgan fingerprint density at radius 1 is 1.36 bits per heavy atom. The van der Waals surface area contributed by atoms with Crippen molar-refractivity contribution < 1.29 is 9.53 Å². The molecule has 0 spiro atoms. The van der Waals surface area contributed by atoms with Gasteiger partial charge in [0.1, 0.15) is 16.9 Å². The molecule has 2 aliphatic rings. The summed E-state index contributed by atoms with van der Waals surface area (Å²) in [7, 11) is 2.02. The van der Waals surface area contributed by atoms with Gasteiger partial charge >= 0.3 is 0 Å². The predicted octanol–water partition coefficient (Wildman–Crippen LogP) is 2.68. The van der Waals surface area contributed by atoms with Crippen molar-refractivity contribution in [2.24, 2.45) is 0 Å². The number of hydrogen-bond acceptors (Lipinski definition) is 6. The van der Waals surface area contributed by atoms with Crippen molar-refractivity contribution in [2.45, 2.75) is 37.7 Å². The molecular formula is C18H22N4O2S. The van der Waals surface area contributed by atoms with Crippen molar-refractivity contribution in [3.63, 3.8) is 0 Å². The quantitative estimate of drug-likeness (QED) is 0.824. The average Bonchev–Trinajstić information content (AvgIpc) is 3.21. The fourth-order valence-corrected chi connectivity index (χ4v) is 3.98. The van der Waals surface area contributed by atoms with Gasteiger partial charge in [-0.3, -0.25) is 4.79 Å². The molecule has 1 N–H and O–H groups in total. The van der Waals surface area contributed by atoms with E-state index in [1.807, 2.05) is 25.2 Å². The van der Waals surface area contributed by atoms with E-state index in [1.165, 1.54) is 29.7 Å².